The van der Waals surface area contributed by atoms with Crippen molar-refractivity contribution in [1.82, 2.24) is 4.98 Å². The molecule has 0 aliphatic heterocycles. The Morgan fingerprint density at radius 3 is 2.86 bits per heavy atom. The standard InChI is InChI=1S/C16H13ClN2OS/c17-14-8-11(4-5-15(14)20)10-19-13-3-1-2-12(9-13)16-18-6-7-21-16/h1-9,19-20H,10H2. The molecule has 0 aliphatic rings. The Hall–Kier alpha value is -2.04. The summed E-state index contributed by atoms with van der Waals surface area (Å²) in [6.45, 7) is 0.640. The van der Waals surface area contributed by atoms with Crippen molar-refractivity contribution < 1.29 is 5.11 Å². The van der Waals surface area contributed by atoms with E-state index >= 15 is 0 Å². The molecule has 0 saturated heterocycles. The summed E-state index contributed by atoms with van der Waals surface area (Å²) in [4.78, 5) is 4.31. The van der Waals surface area contributed by atoms with E-state index in [9.17, 15) is 5.11 Å². The molecule has 106 valence electrons. The Kier molecular flexibility index (Phi) is 4.08. The van der Waals surface area contributed by atoms with Crippen molar-refractivity contribution in [2.24, 2.45) is 0 Å². The SMILES string of the molecule is Oc1ccc(CNc2cccc(-c3nccs3)c2)cc1Cl. The Morgan fingerprint density at radius 2 is 2.10 bits per heavy atom. The van der Waals surface area contributed by atoms with Crippen molar-refractivity contribution >= 4 is 28.6 Å². The number of rotatable bonds is 4. The molecule has 0 atom stereocenters. The predicted octanol–water partition coefficient (Wildman–Crippen LogP) is 4.78. The third kappa shape index (κ3) is 3.35. The molecule has 0 radical (unpaired) electrons. The van der Waals surface area contributed by atoms with E-state index < -0.39 is 0 Å². The molecule has 1 heterocycles. The minimum Gasteiger partial charge on any atom is -0.506 e. The van der Waals surface area contributed by atoms with Crippen LogP contribution in [0.25, 0.3) is 10.6 Å². The van der Waals surface area contributed by atoms with E-state index in [-0.39, 0.29) is 5.75 Å². The van der Waals surface area contributed by atoms with Crippen LogP contribution < -0.4 is 5.32 Å². The minimum absolute atomic E-state index is 0.103. The highest BCUT2D eigenvalue weighted by molar-refractivity contribution is 7.13. The van der Waals surface area contributed by atoms with Crippen molar-refractivity contribution in [3.05, 3.63) is 64.6 Å². The van der Waals surface area contributed by atoms with Gasteiger partial charge in [0.05, 0.1) is 5.02 Å². The van der Waals surface area contributed by atoms with Gasteiger partial charge in [0.2, 0.25) is 0 Å². The quantitative estimate of drug-likeness (QED) is 0.728. The first-order valence-corrected chi connectivity index (χ1v) is 7.69. The van der Waals surface area contributed by atoms with Gasteiger partial charge >= 0.3 is 0 Å². The molecule has 0 spiro atoms. The number of nitrogens with one attached hydrogen (secondary N) is 1. The molecule has 3 nitrogen and oxygen atoms in total. The number of hydrogen-bond acceptors (Lipinski definition) is 4. The summed E-state index contributed by atoms with van der Waals surface area (Å²) in [6, 6.07) is 13.3. The fourth-order valence-corrected chi connectivity index (χ4v) is 2.83. The Morgan fingerprint density at radius 1 is 1.19 bits per heavy atom. The maximum absolute atomic E-state index is 9.41. The van der Waals surface area contributed by atoms with Gasteiger partial charge in [-0.3, -0.25) is 0 Å². The van der Waals surface area contributed by atoms with Gasteiger partial charge in [-0.25, -0.2) is 4.98 Å². The van der Waals surface area contributed by atoms with Gasteiger partial charge in [-0.1, -0.05) is 29.8 Å². The molecule has 3 aromatic rings. The van der Waals surface area contributed by atoms with Crippen LogP contribution in [-0.4, -0.2) is 10.1 Å². The van der Waals surface area contributed by atoms with E-state index in [1.54, 1.807) is 29.7 Å². The molecule has 5 heteroatoms. The van der Waals surface area contributed by atoms with E-state index in [1.165, 1.54) is 0 Å². The molecule has 0 saturated carbocycles. The normalized spacial score (nSPS) is 10.5. The fourth-order valence-electron chi connectivity index (χ4n) is 1.99. The smallest absolute Gasteiger partial charge is 0.134 e. The van der Waals surface area contributed by atoms with Crippen molar-refractivity contribution in [3.8, 4) is 16.3 Å². The van der Waals surface area contributed by atoms with Crippen LogP contribution in [0.4, 0.5) is 5.69 Å². The molecule has 0 fully saturated rings. The first kappa shape index (κ1) is 13.9. The van der Waals surface area contributed by atoms with Crippen molar-refractivity contribution in [2.75, 3.05) is 5.32 Å². The van der Waals surface area contributed by atoms with Gasteiger partial charge < -0.3 is 10.4 Å². The van der Waals surface area contributed by atoms with Crippen LogP contribution in [0, 0.1) is 0 Å². The molecule has 0 amide bonds. The first-order chi connectivity index (χ1) is 10.2. The average Bonchev–Trinajstić information content (AvgIpc) is 3.03. The molecule has 2 N–H and O–H groups in total. The van der Waals surface area contributed by atoms with Gasteiger partial charge in [-0.2, -0.15) is 0 Å². The zero-order valence-corrected chi connectivity index (χ0v) is 12.7. The lowest BCUT2D eigenvalue weighted by atomic mass is 10.2. The van der Waals surface area contributed by atoms with Crippen LogP contribution >= 0.6 is 22.9 Å². The van der Waals surface area contributed by atoms with Gasteiger partial charge in [-0.05, 0) is 29.8 Å². The summed E-state index contributed by atoms with van der Waals surface area (Å²) in [5, 5.41) is 16.1. The largest absolute Gasteiger partial charge is 0.506 e. The monoisotopic (exact) mass is 316 g/mol. The Balaban J connectivity index is 1.73. The number of aromatic nitrogens is 1. The molecule has 1 aromatic heterocycles. The number of aromatic hydroxyl groups is 1. The van der Waals surface area contributed by atoms with Crippen molar-refractivity contribution in [1.29, 1.82) is 0 Å². The zero-order chi connectivity index (χ0) is 14.7. The number of nitrogens with zero attached hydrogens (tertiary/aromatic N) is 1. The molecular weight excluding hydrogens is 304 g/mol. The fraction of sp³-hybridized carbons (Fsp3) is 0.0625. The molecular formula is C16H13ClN2OS. The maximum Gasteiger partial charge on any atom is 0.134 e. The number of phenols is 1. The summed E-state index contributed by atoms with van der Waals surface area (Å²) in [7, 11) is 0. The predicted molar refractivity (Wildman–Crippen MR) is 88.0 cm³/mol. The van der Waals surface area contributed by atoms with Crippen molar-refractivity contribution in [2.45, 2.75) is 6.54 Å². The van der Waals surface area contributed by atoms with E-state index in [2.05, 4.69) is 16.4 Å². The summed E-state index contributed by atoms with van der Waals surface area (Å²) in [5.41, 5.74) is 3.13. The molecule has 2 aromatic carbocycles. The number of thiazole rings is 1. The summed E-state index contributed by atoms with van der Waals surface area (Å²) in [5.74, 6) is 0.103. The van der Waals surface area contributed by atoms with E-state index in [0.29, 0.717) is 11.6 Å². The van der Waals surface area contributed by atoms with Gasteiger partial charge in [0.15, 0.2) is 0 Å². The molecule has 21 heavy (non-hydrogen) atoms. The first-order valence-electron chi connectivity index (χ1n) is 6.43. The minimum atomic E-state index is 0.103. The topological polar surface area (TPSA) is 45.1 Å². The lowest BCUT2D eigenvalue weighted by Gasteiger charge is -2.08. The van der Waals surface area contributed by atoms with Gasteiger partial charge in [-0.15, -0.1) is 11.3 Å². The van der Waals surface area contributed by atoms with Gasteiger partial charge in [0.1, 0.15) is 10.8 Å². The van der Waals surface area contributed by atoms with Gasteiger partial charge in [0.25, 0.3) is 0 Å². The third-order valence-corrected chi connectivity index (χ3v) is 4.18. The lowest BCUT2D eigenvalue weighted by molar-refractivity contribution is 0.475. The number of halogens is 1. The maximum atomic E-state index is 9.41. The highest BCUT2D eigenvalue weighted by atomic mass is 35.5. The second-order valence-electron chi connectivity index (χ2n) is 4.56. The van der Waals surface area contributed by atoms with Gasteiger partial charge in [0, 0.05) is 29.4 Å². The van der Waals surface area contributed by atoms with Crippen LogP contribution in [0.15, 0.2) is 54.0 Å². The molecule has 0 unspecified atom stereocenters. The van der Waals surface area contributed by atoms with Crippen LogP contribution in [0.1, 0.15) is 5.56 Å². The third-order valence-electron chi connectivity index (χ3n) is 3.05. The summed E-state index contributed by atoms with van der Waals surface area (Å²) < 4.78 is 0. The second-order valence-corrected chi connectivity index (χ2v) is 5.86. The average molecular weight is 317 g/mol. The zero-order valence-electron chi connectivity index (χ0n) is 11.1. The van der Waals surface area contributed by atoms with Crippen LogP contribution in [0.2, 0.25) is 5.02 Å². The highest BCUT2D eigenvalue weighted by Crippen LogP contribution is 2.26. The number of phenolic OH excluding ortho intramolecular Hbond substituents is 1. The van der Waals surface area contributed by atoms with Crippen molar-refractivity contribution in [3.63, 3.8) is 0 Å². The second kappa shape index (κ2) is 6.16. The molecule has 0 aliphatic carbocycles. The van der Waals surface area contributed by atoms with E-state index in [0.717, 1.165) is 21.8 Å². The number of benzene rings is 2. The molecule has 0 bridgehead atoms. The Labute approximate surface area is 131 Å². The van der Waals surface area contributed by atoms with Crippen LogP contribution in [0.5, 0.6) is 5.75 Å². The lowest BCUT2D eigenvalue weighted by Crippen LogP contribution is -1.99. The van der Waals surface area contributed by atoms with E-state index in [4.69, 9.17) is 11.6 Å². The summed E-state index contributed by atoms with van der Waals surface area (Å²) in [6.07, 6.45) is 1.80. The van der Waals surface area contributed by atoms with Crippen LogP contribution in [-0.2, 0) is 6.54 Å². The summed E-state index contributed by atoms with van der Waals surface area (Å²) >= 11 is 7.52. The number of hydrogen-bond donors (Lipinski definition) is 2. The van der Waals surface area contributed by atoms with Crippen LogP contribution in [0.3, 0.4) is 0 Å². The van der Waals surface area contributed by atoms with E-state index in [1.807, 2.05) is 29.6 Å². The Bertz CT molecular complexity index is 744. The number of anilines is 1. The molecule has 3 rings (SSSR count). The highest BCUT2D eigenvalue weighted by Gasteiger charge is 2.03.